The van der Waals surface area contributed by atoms with Crippen molar-refractivity contribution in [2.45, 2.75) is 6.92 Å². The number of hydrogen-bond acceptors (Lipinski definition) is 6. The van der Waals surface area contributed by atoms with Crippen molar-refractivity contribution < 1.29 is 14.1 Å². The Labute approximate surface area is 186 Å². The molecule has 6 nitrogen and oxygen atoms in total. The highest BCUT2D eigenvalue weighted by molar-refractivity contribution is 8.27. The molecular formula is C21H13ClN2O4S2. The minimum atomic E-state index is -0.422. The van der Waals surface area contributed by atoms with E-state index >= 15 is 0 Å². The van der Waals surface area contributed by atoms with Crippen LogP contribution in [0, 0.1) is 17.0 Å². The number of nitro benzene ring substituents is 1. The van der Waals surface area contributed by atoms with Crippen LogP contribution in [0.5, 0.6) is 0 Å². The van der Waals surface area contributed by atoms with Crippen LogP contribution in [0.1, 0.15) is 11.3 Å². The molecule has 0 saturated carbocycles. The number of nitro groups is 1. The van der Waals surface area contributed by atoms with Gasteiger partial charge in [0.05, 0.1) is 15.5 Å². The average Bonchev–Trinajstić information content (AvgIpc) is 3.26. The van der Waals surface area contributed by atoms with Crippen molar-refractivity contribution in [2.24, 2.45) is 0 Å². The van der Waals surface area contributed by atoms with Gasteiger partial charge in [-0.15, -0.1) is 0 Å². The summed E-state index contributed by atoms with van der Waals surface area (Å²) in [7, 11) is 0. The number of carbonyl (C=O) groups excluding carboxylic acids is 1. The van der Waals surface area contributed by atoms with Gasteiger partial charge in [-0.25, -0.2) is 0 Å². The van der Waals surface area contributed by atoms with E-state index in [1.165, 1.54) is 22.7 Å². The summed E-state index contributed by atoms with van der Waals surface area (Å²) in [5.74, 6) is 0.772. The van der Waals surface area contributed by atoms with Crippen molar-refractivity contribution in [1.82, 2.24) is 0 Å². The van der Waals surface area contributed by atoms with Gasteiger partial charge >= 0.3 is 0 Å². The highest BCUT2D eigenvalue weighted by atomic mass is 35.5. The fourth-order valence-electron chi connectivity index (χ4n) is 3.03. The van der Waals surface area contributed by atoms with Crippen molar-refractivity contribution >= 4 is 63.3 Å². The first-order valence-corrected chi connectivity index (χ1v) is 10.3. The molecule has 1 aliphatic rings. The quantitative estimate of drug-likeness (QED) is 0.201. The van der Waals surface area contributed by atoms with Crippen LogP contribution in [-0.2, 0) is 4.79 Å². The predicted octanol–water partition coefficient (Wildman–Crippen LogP) is 6.22. The number of carbonyl (C=O) groups is 1. The van der Waals surface area contributed by atoms with E-state index in [9.17, 15) is 14.9 Å². The molecule has 0 atom stereocenters. The third-order valence-corrected chi connectivity index (χ3v) is 5.98. The second-order valence-corrected chi connectivity index (χ2v) is 8.57. The molecule has 1 saturated heterocycles. The van der Waals surface area contributed by atoms with E-state index in [0.717, 1.165) is 0 Å². The summed E-state index contributed by atoms with van der Waals surface area (Å²) >= 11 is 12.6. The topological polar surface area (TPSA) is 76.6 Å². The van der Waals surface area contributed by atoms with Gasteiger partial charge in [0.2, 0.25) is 0 Å². The maximum Gasteiger partial charge on any atom is 0.272 e. The summed E-state index contributed by atoms with van der Waals surface area (Å²) in [4.78, 5) is 25.3. The smallest absolute Gasteiger partial charge is 0.272 e. The fraction of sp³-hybridized carbons (Fsp3) is 0.0476. The van der Waals surface area contributed by atoms with Crippen molar-refractivity contribution in [2.75, 3.05) is 4.90 Å². The molecule has 2 aromatic carbocycles. The number of anilines is 1. The number of furan rings is 1. The largest absolute Gasteiger partial charge is 0.457 e. The van der Waals surface area contributed by atoms with Crippen LogP contribution < -0.4 is 4.90 Å². The van der Waals surface area contributed by atoms with Crippen molar-refractivity contribution in [3.05, 3.63) is 86.0 Å². The molecule has 1 aromatic heterocycles. The minimum absolute atomic E-state index is 0.0511. The van der Waals surface area contributed by atoms with Gasteiger partial charge in [0.25, 0.3) is 11.6 Å². The molecule has 0 unspecified atom stereocenters. The van der Waals surface area contributed by atoms with Gasteiger partial charge < -0.3 is 4.42 Å². The second-order valence-electron chi connectivity index (χ2n) is 6.46. The van der Waals surface area contributed by atoms with E-state index in [1.54, 1.807) is 61.5 Å². The Morgan fingerprint density at radius 2 is 2.00 bits per heavy atom. The minimum Gasteiger partial charge on any atom is -0.457 e. The van der Waals surface area contributed by atoms with Crippen LogP contribution in [0.2, 0.25) is 5.02 Å². The van der Waals surface area contributed by atoms with Crippen molar-refractivity contribution in [3.8, 4) is 11.3 Å². The molecule has 1 fully saturated rings. The Hall–Kier alpha value is -2.94. The lowest BCUT2D eigenvalue weighted by Gasteiger charge is -2.14. The number of amides is 1. The maximum atomic E-state index is 12.9. The predicted molar refractivity (Wildman–Crippen MR) is 123 cm³/mol. The van der Waals surface area contributed by atoms with Gasteiger partial charge in [0.15, 0.2) is 4.32 Å². The Morgan fingerprint density at radius 1 is 1.20 bits per heavy atom. The molecule has 4 rings (SSSR count). The molecule has 0 bridgehead atoms. The first kappa shape index (κ1) is 20.3. The molecule has 1 aliphatic heterocycles. The van der Waals surface area contributed by atoms with E-state index < -0.39 is 4.92 Å². The van der Waals surface area contributed by atoms with Gasteiger partial charge in [-0.3, -0.25) is 19.8 Å². The van der Waals surface area contributed by atoms with E-state index in [-0.39, 0.29) is 11.6 Å². The lowest BCUT2D eigenvalue weighted by atomic mass is 10.1. The fourth-order valence-corrected chi connectivity index (χ4v) is 4.50. The molecule has 30 heavy (non-hydrogen) atoms. The molecular weight excluding hydrogens is 444 g/mol. The van der Waals surface area contributed by atoms with E-state index in [2.05, 4.69) is 0 Å². The van der Waals surface area contributed by atoms with E-state index in [1.807, 2.05) is 0 Å². The van der Waals surface area contributed by atoms with Crippen LogP contribution in [0.4, 0.5) is 11.4 Å². The summed E-state index contributed by atoms with van der Waals surface area (Å²) in [6, 6.07) is 15.2. The van der Waals surface area contributed by atoms with Crippen LogP contribution in [0.15, 0.2) is 63.9 Å². The number of nitrogens with zero attached hydrogens (tertiary/aromatic N) is 2. The van der Waals surface area contributed by atoms with Crippen LogP contribution in [0.25, 0.3) is 17.4 Å². The zero-order chi connectivity index (χ0) is 21.4. The summed E-state index contributed by atoms with van der Waals surface area (Å²) in [5.41, 5.74) is 1.91. The highest BCUT2D eigenvalue weighted by Gasteiger charge is 2.33. The summed E-state index contributed by atoms with van der Waals surface area (Å²) in [6.45, 7) is 1.67. The number of halogens is 1. The Balaban J connectivity index is 1.60. The van der Waals surface area contributed by atoms with Gasteiger partial charge in [0, 0.05) is 28.3 Å². The Bertz CT molecular complexity index is 1240. The number of rotatable bonds is 4. The van der Waals surface area contributed by atoms with Crippen LogP contribution >= 0.6 is 35.6 Å². The molecule has 0 N–H and O–H groups in total. The number of thiocarbonyl (C=S) groups is 1. The van der Waals surface area contributed by atoms with Crippen LogP contribution in [-0.4, -0.2) is 15.2 Å². The highest BCUT2D eigenvalue weighted by Crippen LogP contribution is 2.37. The molecule has 2 heterocycles. The number of thioether (sulfide) groups is 1. The lowest BCUT2D eigenvalue weighted by molar-refractivity contribution is -0.385. The first-order valence-electron chi connectivity index (χ1n) is 8.72. The van der Waals surface area contributed by atoms with Crippen LogP contribution in [0.3, 0.4) is 0 Å². The van der Waals surface area contributed by atoms with E-state index in [4.69, 9.17) is 28.2 Å². The van der Waals surface area contributed by atoms with Crippen molar-refractivity contribution in [3.63, 3.8) is 0 Å². The third-order valence-electron chi connectivity index (χ3n) is 4.44. The molecule has 9 heteroatoms. The van der Waals surface area contributed by atoms with Gasteiger partial charge in [-0.05, 0) is 49.4 Å². The second kappa shape index (κ2) is 8.06. The van der Waals surface area contributed by atoms with Gasteiger partial charge in [-0.1, -0.05) is 41.6 Å². The summed E-state index contributed by atoms with van der Waals surface area (Å²) in [6.07, 6.45) is 1.63. The zero-order valence-corrected chi connectivity index (χ0v) is 17.9. The molecule has 3 aromatic rings. The molecule has 150 valence electrons. The normalized spacial score (nSPS) is 15.3. The van der Waals surface area contributed by atoms with Gasteiger partial charge in [-0.2, -0.15) is 0 Å². The summed E-state index contributed by atoms with van der Waals surface area (Å²) < 4.78 is 6.24. The number of benzene rings is 2. The SMILES string of the molecule is Cc1cc(-c2ccc(/C=C3/SC(=S)N(c4cccc(Cl)c4)C3=O)o2)ccc1[N+](=O)[O-]. The molecule has 0 radical (unpaired) electrons. The van der Waals surface area contributed by atoms with Gasteiger partial charge in [0.1, 0.15) is 11.5 Å². The number of aryl methyl sites for hydroxylation is 1. The summed E-state index contributed by atoms with van der Waals surface area (Å²) in [5, 5.41) is 11.5. The first-order chi connectivity index (χ1) is 14.3. The van der Waals surface area contributed by atoms with Crippen molar-refractivity contribution in [1.29, 1.82) is 0 Å². The molecule has 0 aliphatic carbocycles. The monoisotopic (exact) mass is 456 g/mol. The zero-order valence-electron chi connectivity index (χ0n) is 15.5. The Morgan fingerprint density at radius 3 is 2.70 bits per heavy atom. The third kappa shape index (κ3) is 3.89. The standard InChI is InChI=1S/C21H13ClN2O4S2/c1-12-9-13(5-7-17(12)24(26)27)18-8-6-16(28-18)11-19-20(25)23(21(29)30-19)15-4-2-3-14(22)10-15/h2-11H,1H3/b19-11+. The van der Waals surface area contributed by atoms with E-state index in [0.29, 0.717) is 42.6 Å². The molecule has 0 spiro atoms. The lowest BCUT2D eigenvalue weighted by Crippen LogP contribution is -2.27. The Kier molecular flexibility index (Phi) is 5.46. The average molecular weight is 457 g/mol. The maximum absolute atomic E-state index is 12.9. The number of hydrogen-bond donors (Lipinski definition) is 0. The molecule has 1 amide bonds.